The van der Waals surface area contributed by atoms with Crippen LogP contribution >= 0.6 is 0 Å². The average Bonchev–Trinajstić information content (AvgIpc) is 2.81. The van der Waals surface area contributed by atoms with E-state index in [2.05, 4.69) is 10.3 Å². The van der Waals surface area contributed by atoms with Crippen LogP contribution in [-0.4, -0.2) is 32.7 Å². The molecule has 18 heavy (non-hydrogen) atoms. The summed E-state index contributed by atoms with van der Waals surface area (Å²) < 4.78 is 6.96. The first-order valence-corrected chi connectivity index (χ1v) is 5.55. The molecule has 1 N–H and O–H groups in total. The van der Waals surface area contributed by atoms with Crippen LogP contribution in [0.1, 0.15) is 23.0 Å². The number of hydrogen-bond acceptors (Lipinski definition) is 4. The molecule has 0 saturated carbocycles. The van der Waals surface area contributed by atoms with Crippen molar-refractivity contribution in [1.82, 2.24) is 15.0 Å². The average molecular weight is 247 g/mol. The Morgan fingerprint density at radius 3 is 2.89 bits per heavy atom. The van der Waals surface area contributed by atoms with Crippen LogP contribution in [0, 0.1) is 0 Å². The van der Waals surface area contributed by atoms with Crippen molar-refractivity contribution < 1.29 is 14.6 Å². The Hall–Kier alpha value is -2.37. The van der Waals surface area contributed by atoms with Crippen LogP contribution in [0.15, 0.2) is 30.5 Å². The molecule has 2 aromatic rings. The number of nitrogens with zero attached hydrogens (tertiary/aromatic N) is 3. The van der Waals surface area contributed by atoms with E-state index in [0.717, 1.165) is 11.3 Å². The molecule has 1 aromatic carbocycles. The molecular weight excluding hydrogens is 234 g/mol. The van der Waals surface area contributed by atoms with Gasteiger partial charge >= 0.3 is 5.97 Å². The second kappa shape index (κ2) is 5.31. The lowest BCUT2D eigenvalue weighted by Gasteiger charge is -2.09. The van der Waals surface area contributed by atoms with Crippen molar-refractivity contribution in [3.05, 3.63) is 41.7 Å². The van der Waals surface area contributed by atoms with Crippen LogP contribution in [0.2, 0.25) is 0 Å². The molecule has 0 fully saturated rings. The Morgan fingerprint density at radius 2 is 2.22 bits per heavy atom. The van der Waals surface area contributed by atoms with E-state index >= 15 is 0 Å². The fraction of sp³-hybridized carbons (Fsp3) is 0.250. The standard InChI is InChI=1S/C12H13N3O3/c1-2-18-11-6-4-3-5-9(11)7-15-8-10(12(16)17)13-14-15/h3-6,8H,2,7H2,1H3,(H,16,17). The maximum absolute atomic E-state index is 10.7. The number of aromatic carboxylic acids is 1. The summed E-state index contributed by atoms with van der Waals surface area (Å²) in [7, 11) is 0. The number of carboxylic acid groups (broad SMARTS) is 1. The second-order valence-corrected chi connectivity index (χ2v) is 3.65. The fourth-order valence-electron chi connectivity index (χ4n) is 1.58. The Kier molecular flexibility index (Phi) is 3.57. The monoisotopic (exact) mass is 247 g/mol. The molecule has 0 bridgehead atoms. The van der Waals surface area contributed by atoms with Gasteiger partial charge in [0.2, 0.25) is 0 Å². The molecule has 2 rings (SSSR count). The van der Waals surface area contributed by atoms with Gasteiger partial charge in [-0.2, -0.15) is 0 Å². The first-order chi connectivity index (χ1) is 8.70. The highest BCUT2D eigenvalue weighted by Crippen LogP contribution is 2.18. The van der Waals surface area contributed by atoms with E-state index in [1.807, 2.05) is 31.2 Å². The summed E-state index contributed by atoms with van der Waals surface area (Å²) in [6.45, 7) is 2.92. The van der Waals surface area contributed by atoms with Crippen LogP contribution in [-0.2, 0) is 6.54 Å². The number of benzene rings is 1. The van der Waals surface area contributed by atoms with Gasteiger partial charge in [0.25, 0.3) is 0 Å². The van der Waals surface area contributed by atoms with Gasteiger partial charge in [-0.15, -0.1) is 5.10 Å². The Labute approximate surface area is 104 Å². The summed E-state index contributed by atoms with van der Waals surface area (Å²) in [5.74, 6) is -0.313. The maximum Gasteiger partial charge on any atom is 0.358 e. The van der Waals surface area contributed by atoms with Gasteiger partial charge in [0.05, 0.1) is 19.3 Å². The molecular formula is C12H13N3O3. The van der Waals surface area contributed by atoms with Gasteiger partial charge < -0.3 is 9.84 Å². The third-order valence-electron chi connectivity index (χ3n) is 2.36. The summed E-state index contributed by atoms with van der Waals surface area (Å²) in [6.07, 6.45) is 1.39. The molecule has 0 aliphatic heterocycles. The fourth-order valence-corrected chi connectivity index (χ4v) is 1.58. The van der Waals surface area contributed by atoms with Crippen molar-refractivity contribution >= 4 is 5.97 Å². The molecule has 0 unspecified atom stereocenters. The van der Waals surface area contributed by atoms with E-state index in [1.54, 1.807) is 0 Å². The van der Waals surface area contributed by atoms with Crippen LogP contribution < -0.4 is 4.74 Å². The van der Waals surface area contributed by atoms with E-state index in [-0.39, 0.29) is 5.69 Å². The quantitative estimate of drug-likeness (QED) is 0.864. The molecule has 94 valence electrons. The van der Waals surface area contributed by atoms with E-state index in [1.165, 1.54) is 10.9 Å². The number of carbonyl (C=O) groups is 1. The predicted octanol–water partition coefficient (Wildman–Crippen LogP) is 1.42. The topological polar surface area (TPSA) is 77.2 Å². The van der Waals surface area contributed by atoms with E-state index < -0.39 is 5.97 Å². The van der Waals surface area contributed by atoms with E-state index in [4.69, 9.17) is 9.84 Å². The van der Waals surface area contributed by atoms with Gasteiger partial charge in [-0.05, 0) is 13.0 Å². The molecule has 0 amide bonds. The number of aromatic nitrogens is 3. The van der Waals surface area contributed by atoms with Crippen LogP contribution in [0.25, 0.3) is 0 Å². The van der Waals surface area contributed by atoms with Crippen LogP contribution in [0.5, 0.6) is 5.75 Å². The molecule has 6 heteroatoms. The maximum atomic E-state index is 10.7. The summed E-state index contributed by atoms with van der Waals surface area (Å²) in [6, 6.07) is 7.56. The van der Waals surface area contributed by atoms with Crippen molar-refractivity contribution in [2.75, 3.05) is 6.61 Å². The first kappa shape index (κ1) is 12.1. The number of hydrogen-bond donors (Lipinski definition) is 1. The molecule has 1 heterocycles. The summed E-state index contributed by atoms with van der Waals surface area (Å²) in [5.41, 5.74) is 0.866. The van der Waals surface area contributed by atoms with Gasteiger partial charge in [0.1, 0.15) is 5.75 Å². The molecule has 0 saturated heterocycles. The Balaban J connectivity index is 2.19. The zero-order chi connectivity index (χ0) is 13.0. The van der Waals surface area contributed by atoms with Gasteiger partial charge in [-0.25, -0.2) is 9.48 Å². The zero-order valence-corrected chi connectivity index (χ0v) is 9.91. The van der Waals surface area contributed by atoms with Gasteiger partial charge in [-0.1, -0.05) is 23.4 Å². The van der Waals surface area contributed by atoms with Gasteiger partial charge in [0, 0.05) is 5.56 Å². The molecule has 0 spiro atoms. The largest absolute Gasteiger partial charge is 0.494 e. The summed E-state index contributed by atoms with van der Waals surface area (Å²) in [4.78, 5) is 10.7. The molecule has 0 atom stereocenters. The molecule has 0 aliphatic carbocycles. The lowest BCUT2D eigenvalue weighted by Crippen LogP contribution is -2.04. The lowest BCUT2D eigenvalue weighted by molar-refractivity contribution is 0.0690. The highest BCUT2D eigenvalue weighted by Gasteiger charge is 2.09. The Bertz CT molecular complexity index is 551. The minimum atomic E-state index is -1.08. The SMILES string of the molecule is CCOc1ccccc1Cn1cc(C(=O)O)nn1. The normalized spacial score (nSPS) is 10.3. The highest BCUT2D eigenvalue weighted by atomic mass is 16.5. The lowest BCUT2D eigenvalue weighted by atomic mass is 10.2. The number of ether oxygens (including phenoxy) is 1. The second-order valence-electron chi connectivity index (χ2n) is 3.65. The summed E-state index contributed by atoms with van der Waals surface area (Å²) in [5, 5.41) is 16.1. The van der Waals surface area contributed by atoms with Crippen LogP contribution in [0.4, 0.5) is 0 Å². The molecule has 1 aromatic heterocycles. The van der Waals surface area contributed by atoms with Crippen LogP contribution in [0.3, 0.4) is 0 Å². The van der Waals surface area contributed by atoms with Crippen molar-refractivity contribution in [3.63, 3.8) is 0 Å². The van der Waals surface area contributed by atoms with Gasteiger partial charge in [0.15, 0.2) is 5.69 Å². The Morgan fingerprint density at radius 1 is 1.44 bits per heavy atom. The molecule has 6 nitrogen and oxygen atoms in total. The third kappa shape index (κ3) is 2.65. The van der Waals surface area contributed by atoms with Crippen molar-refractivity contribution in [1.29, 1.82) is 0 Å². The number of carboxylic acids is 1. The third-order valence-corrected chi connectivity index (χ3v) is 2.36. The molecule has 0 radical (unpaired) electrons. The minimum absolute atomic E-state index is 0.0658. The minimum Gasteiger partial charge on any atom is -0.494 e. The molecule has 0 aliphatic rings. The first-order valence-electron chi connectivity index (χ1n) is 5.55. The van der Waals surface area contributed by atoms with Crippen molar-refractivity contribution in [2.24, 2.45) is 0 Å². The number of para-hydroxylation sites is 1. The van der Waals surface area contributed by atoms with Crippen molar-refractivity contribution in [2.45, 2.75) is 13.5 Å². The van der Waals surface area contributed by atoms with E-state index in [0.29, 0.717) is 13.2 Å². The highest BCUT2D eigenvalue weighted by molar-refractivity contribution is 5.84. The predicted molar refractivity (Wildman–Crippen MR) is 63.7 cm³/mol. The van der Waals surface area contributed by atoms with E-state index in [9.17, 15) is 4.79 Å². The number of rotatable bonds is 5. The van der Waals surface area contributed by atoms with Crippen molar-refractivity contribution in [3.8, 4) is 5.75 Å². The zero-order valence-electron chi connectivity index (χ0n) is 9.91. The summed E-state index contributed by atoms with van der Waals surface area (Å²) >= 11 is 0. The smallest absolute Gasteiger partial charge is 0.358 e. The van der Waals surface area contributed by atoms with Gasteiger partial charge in [-0.3, -0.25) is 0 Å².